The number of methoxy groups -OCH3 is 2. The molecule has 0 aliphatic carbocycles. The minimum atomic E-state index is -0.859. The fourth-order valence-electron chi connectivity index (χ4n) is 3.54. The van der Waals surface area contributed by atoms with Gasteiger partial charge in [0, 0.05) is 24.5 Å². The van der Waals surface area contributed by atoms with Gasteiger partial charge in [-0.3, -0.25) is 4.79 Å². The molecule has 0 aromatic heterocycles. The predicted molar refractivity (Wildman–Crippen MR) is 113 cm³/mol. The Morgan fingerprint density at radius 1 is 1.19 bits per heavy atom. The van der Waals surface area contributed by atoms with E-state index in [-0.39, 0.29) is 13.2 Å². The number of rotatable bonds is 7. The second-order valence-corrected chi connectivity index (χ2v) is 7.01. The molecule has 9 heteroatoms. The molecule has 0 spiro atoms. The number of aryl methyl sites for hydroxylation is 1. The van der Waals surface area contributed by atoms with Crippen LogP contribution >= 0.6 is 0 Å². The molecular formula is C22H24FN3O5. The average molecular weight is 429 g/mol. The summed E-state index contributed by atoms with van der Waals surface area (Å²) in [5.41, 5.74) is 1.82. The smallest absolute Gasteiger partial charge is 0.343 e. The number of hydrogen-bond acceptors (Lipinski definition) is 5. The van der Waals surface area contributed by atoms with Gasteiger partial charge in [-0.1, -0.05) is 12.1 Å². The largest absolute Gasteiger partial charge is 0.493 e. The van der Waals surface area contributed by atoms with Gasteiger partial charge >= 0.3 is 6.03 Å². The number of nitrogens with zero attached hydrogens (tertiary/aromatic N) is 2. The van der Waals surface area contributed by atoms with Crippen molar-refractivity contribution in [3.05, 3.63) is 53.3 Å². The Hall–Kier alpha value is -3.46. The number of anilines is 1. The van der Waals surface area contributed by atoms with Crippen molar-refractivity contribution in [2.75, 3.05) is 32.7 Å². The maximum absolute atomic E-state index is 13.4. The van der Waals surface area contributed by atoms with Crippen LogP contribution in [0.3, 0.4) is 0 Å². The van der Waals surface area contributed by atoms with Gasteiger partial charge in [0.15, 0.2) is 11.5 Å². The van der Waals surface area contributed by atoms with E-state index < -0.39 is 29.7 Å². The monoisotopic (exact) mass is 429 g/mol. The topological polar surface area (TPSA) is 100 Å². The molecule has 31 heavy (non-hydrogen) atoms. The van der Waals surface area contributed by atoms with Gasteiger partial charge in [-0.15, -0.1) is 0 Å². The summed E-state index contributed by atoms with van der Waals surface area (Å²) in [5.74, 6) is -0.727. The molecule has 2 aromatic rings. The summed E-state index contributed by atoms with van der Waals surface area (Å²) in [6.07, 6.45) is 1.29. The van der Waals surface area contributed by atoms with E-state index in [0.717, 1.165) is 5.56 Å². The molecular weight excluding hydrogens is 405 g/mol. The molecule has 0 radical (unpaired) electrons. The van der Waals surface area contributed by atoms with Gasteiger partial charge in [0.05, 0.1) is 32.8 Å². The number of carbonyl (C=O) groups excluding carboxylic acids is 2. The predicted octanol–water partition coefficient (Wildman–Crippen LogP) is 2.95. The standard InChI is InChI=1S/C22H24FN3O5/c1-13-10-18(30-2)19(31-3)11-17(13)25-21(28)16-12-24-22(29)26(8-9-27)20(16)14-4-6-15(23)7-5-14/h4-7,10-12,16,20,27H,8-9H2,1-3H3,(H,25,28). The Labute approximate surface area is 179 Å². The van der Waals surface area contributed by atoms with Gasteiger partial charge in [-0.05, 0) is 36.2 Å². The molecule has 1 aliphatic heterocycles. The van der Waals surface area contributed by atoms with Crippen LogP contribution in [0.15, 0.2) is 41.4 Å². The highest BCUT2D eigenvalue weighted by molar-refractivity contribution is 6.06. The van der Waals surface area contributed by atoms with Crippen molar-refractivity contribution in [3.8, 4) is 11.5 Å². The van der Waals surface area contributed by atoms with Crippen molar-refractivity contribution in [1.82, 2.24) is 4.90 Å². The van der Waals surface area contributed by atoms with E-state index in [1.165, 1.54) is 49.6 Å². The summed E-state index contributed by atoms with van der Waals surface area (Å²) in [5, 5.41) is 12.3. The molecule has 0 saturated heterocycles. The Kier molecular flexibility index (Phi) is 6.86. The summed E-state index contributed by atoms with van der Waals surface area (Å²) in [6, 6.07) is 7.61. The first-order valence-electron chi connectivity index (χ1n) is 9.64. The third kappa shape index (κ3) is 4.66. The van der Waals surface area contributed by atoms with Crippen molar-refractivity contribution in [2.45, 2.75) is 13.0 Å². The van der Waals surface area contributed by atoms with Crippen LogP contribution in [0, 0.1) is 18.7 Å². The number of carbonyl (C=O) groups is 2. The highest BCUT2D eigenvalue weighted by Gasteiger charge is 2.38. The number of aliphatic hydroxyl groups is 1. The minimum Gasteiger partial charge on any atom is -0.493 e. The second kappa shape index (κ2) is 9.57. The summed E-state index contributed by atoms with van der Waals surface area (Å²) < 4.78 is 24.0. The zero-order valence-electron chi connectivity index (χ0n) is 17.5. The molecule has 2 unspecified atom stereocenters. The molecule has 2 aromatic carbocycles. The van der Waals surface area contributed by atoms with Crippen molar-refractivity contribution in [3.63, 3.8) is 0 Å². The van der Waals surface area contributed by atoms with E-state index in [9.17, 15) is 19.1 Å². The van der Waals surface area contributed by atoms with Crippen molar-refractivity contribution in [2.24, 2.45) is 10.9 Å². The van der Waals surface area contributed by atoms with Crippen molar-refractivity contribution >= 4 is 23.8 Å². The summed E-state index contributed by atoms with van der Waals surface area (Å²) in [7, 11) is 3.02. The van der Waals surface area contributed by atoms with Crippen LogP contribution in [0.4, 0.5) is 14.9 Å². The van der Waals surface area contributed by atoms with Crippen molar-refractivity contribution in [1.29, 1.82) is 0 Å². The number of nitrogens with one attached hydrogen (secondary N) is 1. The van der Waals surface area contributed by atoms with E-state index in [1.54, 1.807) is 12.1 Å². The molecule has 3 rings (SSSR count). The fourth-order valence-corrected chi connectivity index (χ4v) is 3.54. The van der Waals surface area contributed by atoms with Crippen molar-refractivity contribution < 1.29 is 28.6 Å². The molecule has 3 amide bonds. The zero-order chi connectivity index (χ0) is 22.5. The SMILES string of the molecule is COc1cc(C)c(NC(=O)C2C=NC(=O)N(CCO)C2c2ccc(F)cc2)cc1OC. The molecule has 0 fully saturated rings. The quantitative estimate of drug-likeness (QED) is 0.705. The highest BCUT2D eigenvalue weighted by Crippen LogP contribution is 2.35. The third-order valence-electron chi connectivity index (χ3n) is 5.11. The lowest BCUT2D eigenvalue weighted by molar-refractivity contribution is -0.119. The molecule has 1 heterocycles. The van der Waals surface area contributed by atoms with Gasteiger partial charge in [0.25, 0.3) is 0 Å². The number of halogens is 1. The fraction of sp³-hybridized carbons (Fsp3) is 0.318. The van der Waals surface area contributed by atoms with Crippen LogP contribution in [0.2, 0.25) is 0 Å². The Morgan fingerprint density at radius 3 is 2.45 bits per heavy atom. The summed E-state index contributed by atoms with van der Waals surface area (Å²) in [6.45, 7) is 1.49. The first-order valence-corrected chi connectivity index (χ1v) is 9.64. The first kappa shape index (κ1) is 22.2. The van der Waals surface area contributed by atoms with Gasteiger partial charge in [0.2, 0.25) is 5.91 Å². The third-order valence-corrected chi connectivity index (χ3v) is 5.11. The number of urea groups is 1. The van der Waals surface area contributed by atoms with E-state index in [2.05, 4.69) is 10.3 Å². The molecule has 2 N–H and O–H groups in total. The molecule has 0 bridgehead atoms. The lowest BCUT2D eigenvalue weighted by Gasteiger charge is -2.36. The number of β-amino-alcohol motifs (C(OH)–C–C–N with tert-alkyl or cyclic N) is 1. The summed E-state index contributed by atoms with van der Waals surface area (Å²) in [4.78, 5) is 30.7. The Morgan fingerprint density at radius 2 is 1.84 bits per heavy atom. The number of hydrogen-bond donors (Lipinski definition) is 2. The zero-order valence-corrected chi connectivity index (χ0v) is 17.5. The maximum Gasteiger partial charge on any atom is 0.343 e. The number of aliphatic hydroxyl groups excluding tert-OH is 1. The van der Waals surface area contributed by atoms with Gasteiger partial charge in [-0.2, -0.15) is 0 Å². The highest BCUT2D eigenvalue weighted by atomic mass is 19.1. The maximum atomic E-state index is 13.4. The number of aliphatic imine (C=N–C) groups is 1. The van der Waals surface area contributed by atoms with Crippen LogP contribution in [-0.4, -0.2) is 55.5 Å². The minimum absolute atomic E-state index is 0.0165. The van der Waals surface area contributed by atoms with Gasteiger partial charge in [-0.25, -0.2) is 14.2 Å². The van der Waals surface area contributed by atoms with E-state index in [0.29, 0.717) is 22.7 Å². The van der Waals surface area contributed by atoms with Crippen LogP contribution in [0.25, 0.3) is 0 Å². The van der Waals surface area contributed by atoms with E-state index in [4.69, 9.17) is 9.47 Å². The van der Waals surface area contributed by atoms with Gasteiger partial charge < -0.3 is 24.8 Å². The molecule has 0 saturated carbocycles. The molecule has 2 atom stereocenters. The number of benzene rings is 2. The van der Waals surface area contributed by atoms with Crippen LogP contribution in [0.5, 0.6) is 11.5 Å². The summed E-state index contributed by atoms with van der Waals surface area (Å²) >= 11 is 0. The van der Waals surface area contributed by atoms with E-state index in [1.807, 2.05) is 6.92 Å². The van der Waals surface area contributed by atoms with Crippen LogP contribution in [-0.2, 0) is 4.79 Å². The lowest BCUT2D eigenvalue weighted by Crippen LogP contribution is -2.46. The molecule has 164 valence electrons. The molecule has 1 aliphatic rings. The van der Waals surface area contributed by atoms with Crippen LogP contribution < -0.4 is 14.8 Å². The Balaban J connectivity index is 1.96. The number of ether oxygens (including phenoxy) is 2. The van der Waals surface area contributed by atoms with Gasteiger partial charge in [0.1, 0.15) is 5.82 Å². The van der Waals surface area contributed by atoms with E-state index >= 15 is 0 Å². The Bertz CT molecular complexity index is 993. The second-order valence-electron chi connectivity index (χ2n) is 7.01. The average Bonchev–Trinajstić information content (AvgIpc) is 2.76. The normalized spacial score (nSPS) is 18.1. The van der Waals surface area contributed by atoms with Crippen LogP contribution in [0.1, 0.15) is 17.2 Å². The number of amides is 3. The molecule has 8 nitrogen and oxygen atoms in total. The lowest BCUT2D eigenvalue weighted by atomic mass is 9.90. The first-order chi connectivity index (χ1) is 14.9.